The van der Waals surface area contributed by atoms with Gasteiger partial charge in [-0.05, 0) is 26.7 Å². The molecule has 0 saturated carbocycles. The third kappa shape index (κ3) is 3.91. The molecule has 1 fully saturated rings. The van der Waals surface area contributed by atoms with Gasteiger partial charge in [0.15, 0.2) is 0 Å². The Bertz CT molecular complexity index is 424. The van der Waals surface area contributed by atoms with Gasteiger partial charge in [0, 0.05) is 19.7 Å². The largest absolute Gasteiger partial charge is 0.458 e. The van der Waals surface area contributed by atoms with Gasteiger partial charge in [-0.15, -0.1) is 0 Å². The smallest absolute Gasteiger partial charge is 0.323 e. The average molecular weight is 282 g/mol. The van der Waals surface area contributed by atoms with E-state index in [4.69, 9.17) is 15.3 Å². The molecule has 1 aliphatic rings. The minimum absolute atomic E-state index is 0.130. The highest BCUT2D eigenvalue weighted by atomic mass is 16.5. The standard InChI is InChI=1S/C12H22N6O2/c1-3-19-8-9(2)20-12-15-10(17-13)14-11(16-12)18-6-4-5-7-18/h9H,3-8,13H2,1-2H3,(H,14,15,16,17). The molecule has 0 aromatic carbocycles. The normalized spacial score (nSPS) is 16.2. The molecule has 2 rings (SSSR count). The van der Waals surface area contributed by atoms with Crippen molar-refractivity contribution < 1.29 is 9.47 Å². The molecule has 0 radical (unpaired) electrons. The van der Waals surface area contributed by atoms with Crippen LogP contribution in [0.15, 0.2) is 0 Å². The van der Waals surface area contributed by atoms with E-state index in [0.717, 1.165) is 25.9 Å². The third-order valence-corrected chi connectivity index (χ3v) is 2.98. The van der Waals surface area contributed by atoms with Crippen LogP contribution in [0.5, 0.6) is 6.01 Å². The third-order valence-electron chi connectivity index (χ3n) is 2.98. The zero-order valence-corrected chi connectivity index (χ0v) is 12.0. The van der Waals surface area contributed by atoms with Crippen molar-refractivity contribution in [3.63, 3.8) is 0 Å². The van der Waals surface area contributed by atoms with Crippen molar-refractivity contribution in [2.45, 2.75) is 32.8 Å². The van der Waals surface area contributed by atoms with E-state index in [9.17, 15) is 0 Å². The molecule has 8 nitrogen and oxygen atoms in total. The highest BCUT2D eigenvalue weighted by Crippen LogP contribution is 2.19. The van der Waals surface area contributed by atoms with Gasteiger partial charge in [0.25, 0.3) is 0 Å². The molecule has 1 atom stereocenters. The SMILES string of the molecule is CCOCC(C)Oc1nc(NN)nc(N2CCCC2)n1. The summed E-state index contributed by atoms with van der Waals surface area (Å²) in [6, 6.07) is 0.266. The van der Waals surface area contributed by atoms with E-state index in [0.29, 0.717) is 25.1 Å². The van der Waals surface area contributed by atoms with Gasteiger partial charge in [-0.2, -0.15) is 15.0 Å². The monoisotopic (exact) mass is 282 g/mol. The topological polar surface area (TPSA) is 98.4 Å². The maximum absolute atomic E-state index is 5.65. The summed E-state index contributed by atoms with van der Waals surface area (Å²) in [7, 11) is 0. The van der Waals surface area contributed by atoms with Crippen LogP contribution in [0.2, 0.25) is 0 Å². The molecule has 112 valence electrons. The lowest BCUT2D eigenvalue weighted by Gasteiger charge is -2.18. The van der Waals surface area contributed by atoms with Gasteiger partial charge in [-0.25, -0.2) is 5.84 Å². The van der Waals surface area contributed by atoms with Crippen molar-refractivity contribution in [1.82, 2.24) is 15.0 Å². The van der Waals surface area contributed by atoms with E-state index in [2.05, 4.69) is 25.3 Å². The van der Waals surface area contributed by atoms with Crippen molar-refractivity contribution >= 4 is 11.9 Å². The van der Waals surface area contributed by atoms with Crippen LogP contribution in [0, 0.1) is 0 Å². The van der Waals surface area contributed by atoms with E-state index in [1.807, 2.05) is 13.8 Å². The Morgan fingerprint density at radius 2 is 2.05 bits per heavy atom. The zero-order valence-electron chi connectivity index (χ0n) is 12.0. The van der Waals surface area contributed by atoms with Gasteiger partial charge in [0.1, 0.15) is 6.10 Å². The van der Waals surface area contributed by atoms with Crippen molar-refractivity contribution in [2.75, 3.05) is 36.6 Å². The predicted octanol–water partition coefficient (Wildman–Crippen LogP) is 0.561. The molecule has 1 aromatic rings. The van der Waals surface area contributed by atoms with Gasteiger partial charge in [0.05, 0.1) is 6.61 Å². The van der Waals surface area contributed by atoms with E-state index in [1.165, 1.54) is 0 Å². The first kappa shape index (κ1) is 14.7. The number of nitrogen functional groups attached to an aromatic ring is 1. The second kappa shape index (κ2) is 7.20. The summed E-state index contributed by atoms with van der Waals surface area (Å²) in [6.45, 7) is 6.89. The molecule has 0 amide bonds. The minimum atomic E-state index is -0.130. The van der Waals surface area contributed by atoms with Crippen LogP contribution in [0.25, 0.3) is 0 Å². The molecule has 3 N–H and O–H groups in total. The first-order valence-corrected chi connectivity index (χ1v) is 6.95. The lowest BCUT2D eigenvalue weighted by Crippen LogP contribution is -2.25. The minimum Gasteiger partial charge on any atom is -0.458 e. The highest BCUT2D eigenvalue weighted by molar-refractivity contribution is 5.38. The van der Waals surface area contributed by atoms with Crippen LogP contribution in [0.3, 0.4) is 0 Å². The quantitative estimate of drug-likeness (QED) is 0.553. The van der Waals surface area contributed by atoms with Gasteiger partial charge >= 0.3 is 6.01 Å². The molecule has 1 unspecified atom stereocenters. The Hall–Kier alpha value is -1.67. The Morgan fingerprint density at radius 1 is 1.30 bits per heavy atom. The summed E-state index contributed by atoms with van der Waals surface area (Å²) in [5.41, 5.74) is 2.45. The van der Waals surface area contributed by atoms with Crippen LogP contribution < -0.4 is 20.9 Å². The van der Waals surface area contributed by atoms with E-state index >= 15 is 0 Å². The molecule has 0 bridgehead atoms. The van der Waals surface area contributed by atoms with Gasteiger partial charge in [-0.3, -0.25) is 5.43 Å². The molecule has 1 aliphatic heterocycles. The summed E-state index contributed by atoms with van der Waals surface area (Å²) in [5, 5.41) is 0. The van der Waals surface area contributed by atoms with Crippen LogP contribution in [0.4, 0.5) is 11.9 Å². The summed E-state index contributed by atoms with van der Waals surface area (Å²) < 4.78 is 11.0. The Balaban J connectivity index is 2.08. The first-order chi connectivity index (χ1) is 9.72. The lowest BCUT2D eigenvalue weighted by atomic mass is 10.4. The number of hydrogen-bond acceptors (Lipinski definition) is 8. The number of anilines is 2. The number of aromatic nitrogens is 3. The number of nitrogens with zero attached hydrogens (tertiary/aromatic N) is 4. The molecule has 0 aliphatic carbocycles. The maximum atomic E-state index is 5.65. The Labute approximate surface area is 118 Å². The maximum Gasteiger partial charge on any atom is 0.323 e. The predicted molar refractivity (Wildman–Crippen MR) is 75.7 cm³/mol. The number of ether oxygens (including phenoxy) is 2. The number of rotatable bonds is 7. The lowest BCUT2D eigenvalue weighted by molar-refractivity contribution is 0.0607. The van der Waals surface area contributed by atoms with Crippen LogP contribution >= 0.6 is 0 Å². The molecule has 0 spiro atoms. The molecule has 2 heterocycles. The molecule has 20 heavy (non-hydrogen) atoms. The summed E-state index contributed by atoms with van der Waals surface area (Å²) in [6.07, 6.45) is 2.16. The molecular weight excluding hydrogens is 260 g/mol. The Kier molecular flexibility index (Phi) is 5.31. The fraction of sp³-hybridized carbons (Fsp3) is 0.750. The van der Waals surface area contributed by atoms with Gasteiger partial charge in [-0.1, -0.05) is 0 Å². The van der Waals surface area contributed by atoms with Gasteiger partial charge in [0.2, 0.25) is 11.9 Å². The van der Waals surface area contributed by atoms with E-state index in [1.54, 1.807) is 0 Å². The van der Waals surface area contributed by atoms with Crippen molar-refractivity contribution in [2.24, 2.45) is 5.84 Å². The molecule has 1 saturated heterocycles. The number of nitrogens with two attached hydrogens (primary N) is 1. The second-order valence-electron chi connectivity index (χ2n) is 4.67. The number of hydrogen-bond donors (Lipinski definition) is 2. The Morgan fingerprint density at radius 3 is 2.70 bits per heavy atom. The molecule has 8 heteroatoms. The number of hydrazine groups is 1. The van der Waals surface area contributed by atoms with Crippen LogP contribution in [-0.4, -0.2) is 47.4 Å². The number of nitrogens with one attached hydrogen (secondary N) is 1. The summed E-state index contributed by atoms with van der Waals surface area (Å²) in [4.78, 5) is 14.8. The highest BCUT2D eigenvalue weighted by Gasteiger charge is 2.18. The van der Waals surface area contributed by atoms with E-state index in [-0.39, 0.29) is 12.1 Å². The fourth-order valence-electron chi connectivity index (χ4n) is 2.02. The average Bonchev–Trinajstić information content (AvgIpc) is 2.99. The van der Waals surface area contributed by atoms with Gasteiger partial charge < -0.3 is 14.4 Å². The molecule has 1 aromatic heterocycles. The molecular formula is C12H22N6O2. The second-order valence-corrected chi connectivity index (χ2v) is 4.67. The van der Waals surface area contributed by atoms with Crippen molar-refractivity contribution in [1.29, 1.82) is 0 Å². The zero-order chi connectivity index (χ0) is 14.4. The summed E-state index contributed by atoms with van der Waals surface area (Å²) >= 11 is 0. The first-order valence-electron chi connectivity index (χ1n) is 6.95. The summed E-state index contributed by atoms with van der Waals surface area (Å²) in [5.74, 6) is 6.30. The van der Waals surface area contributed by atoms with Crippen LogP contribution in [-0.2, 0) is 4.74 Å². The van der Waals surface area contributed by atoms with Crippen molar-refractivity contribution in [3.05, 3.63) is 0 Å². The van der Waals surface area contributed by atoms with Crippen LogP contribution in [0.1, 0.15) is 26.7 Å². The van der Waals surface area contributed by atoms with Crippen molar-refractivity contribution in [3.8, 4) is 6.01 Å². The van der Waals surface area contributed by atoms with E-state index < -0.39 is 0 Å². The fourth-order valence-corrected chi connectivity index (χ4v) is 2.02.